The van der Waals surface area contributed by atoms with Crippen LogP contribution in [0.4, 0.5) is 0 Å². The van der Waals surface area contributed by atoms with E-state index in [0.717, 1.165) is 0 Å². The minimum Gasteiger partial charge on any atom is -0.508 e. The number of hydrogen-bond acceptors (Lipinski definition) is 18. The van der Waals surface area contributed by atoms with Crippen LogP contribution < -0.4 is 75.3 Å². The Morgan fingerprint density at radius 3 is 1.44 bits per heavy atom. The van der Waals surface area contributed by atoms with Gasteiger partial charge in [-0.15, -0.1) is 0 Å². The summed E-state index contributed by atoms with van der Waals surface area (Å²) in [5.41, 5.74) is 12.1. The van der Waals surface area contributed by atoms with Crippen LogP contribution in [0, 0.1) is 17.8 Å². The average Bonchev–Trinajstić information content (AvgIpc) is 2.77. The van der Waals surface area contributed by atoms with Gasteiger partial charge in [0.15, 0.2) is 0 Å². The van der Waals surface area contributed by atoms with Crippen molar-refractivity contribution in [3.8, 4) is 5.75 Å². The lowest BCUT2D eigenvalue weighted by Gasteiger charge is -2.29. The molecule has 0 aromatic heterocycles. The van der Waals surface area contributed by atoms with Gasteiger partial charge >= 0.3 is 5.97 Å². The number of rotatable bonds is 41. The Bertz CT molecular complexity index is 2810. The average molecular weight is 1300 g/mol. The van der Waals surface area contributed by atoms with Crippen LogP contribution in [0.5, 0.6) is 5.75 Å². The highest BCUT2D eigenvalue weighted by Crippen LogP contribution is 2.14. The fraction of sp³-hybridized carbons (Fsp3) is 0.559. The number of aromatic hydroxyl groups is 1. The van der Waals surface area contributed by atoms with E-state index < -0.39 is 188 Å². The van der Waals surface area contributed by atoms with Crippen LogP contribution in [0.15, 0.2) is 54.6 Å². The van der Waals surface area contributed by atoms with E-state index in [-0.39, 0.29) is 36.7 Å². The van der Waals surface area contributed by atoms with Gasteiger partial charge in [0.2, 0.25) is 76.8 Å². The Morgan fingerprint density at radius 1 is 0.495 bits per heavy atom. The maximum absolute atomic E-state index is 14.2. The molecule has 0 radical (unpaired) electrons. The molecule has 10 atom stereocenters. The molecule has 0 unspecified atom stereocenters. The van der Waals surface area contributed by atoms with Gasteiger partial charge in [-0.25, -0.2) is 0 Å². The minimum atomic E-state index is -1.77. The smallest absolute Gasteiger partial charge is 0.303 e. The van der Waals surface area contributed by atoms with E-state index in [1.807, 2.05) is 0 Å². The molecule has 19 N–H and O–H groups in total. The number of aliphatic hydroxyl groups excluding tert-OH is 1. The summed E-state index contributed by atoms with van der Waals surface area (Å²) in [5, 5.41) is 58.8. The molecule has 32 heteroatoms. The molecule has 2 aromatic rings. The maximum Gasteiger partial charge on any atom is 0.303 e. The van der Waals surface area contributed by atoms with Gasteiger partial charge in [-0.05, 0) is 73.2 Å². The van der Waals surface area contributed by atoms with Crippen molar-refractivity contribution in [2.45, 2.75) is 154 Å². The van der Waals surface area contributed by atoms with Gasteiger partial charge in [0.25, 0.3) is 0 Å². The molecule has 31 nitrogen and oxygen atoms in total. The molecule has 0 aliphatic heterocycles. The van der Waals surface area contributed by atoms with Crippen molar-refractivity contribution in [2.75, 3.05) is 38.5 Å². The molecule has 0 fully saturated rings. The van der Waals surface area contributed by atoms with Crippen molar-refractivity contribution in [2.24, 2.45) is 29.2 Å². The van der Waals surface area contributed by atoms with Crippen LogP contribution in [0.2, 0.25) is 0 Å². The second-order valence-electron chi connectivity index (χ2n) is 22.3. The van der Waals surface area contributed by atoms with E-state index >= 15 is 0 Å². The highest BCUT2D eigenvalue weighted by Gasteiger charge is 2.36. The molecule has 2 rings (SSSR count). The number of carboxylic acid groups (broad SMARTS) is 1. The van der Waals surface area contributed by atoms with Crippen LogP contribution in [0.25, 0.3) is 0 Å². The quantitative estimate of drug-likeness (QED) is 0.0221. The van der Waals surface area contributed by atoms with Crippen molar-refractivity contribution in [3.05, 3.63) is 65.7 Å². The molecule has 0 saturated carbocycles. The number of hydrogen-bond donors (Lipinski definition) is 18. The number of phenols is 1. The summed E-state index contributed by atoms with van der Waals surface area (Å²) in [7, 11) is 0. The van der Waals surface area contributed by atoms with Crippen molar-refractivity contribution >= 4 is 95.4 Å². The van der Waals surface area contributed by atoms with Crippen LogP contribution in [-0.4, -0.2) is 191 Å². The summed E-state index contributed by atoms with van der Waals surface area (Å²) in [6.45, 7) is 8.03. The predicted molar refractivity (Wildman–Crippen MR) is 333 cm³/mol. The number of nitrogens with one attached hydrogen (secondary N) is 12. The van der Waals surface area contributed by atoms with Gasteiger partial charge in [0.1, 0.15) is 60.1 Å². The first kappa shape index (κ1) is 78.2. The SMILES string of the molecule is CC[C@H](C)[C@H](NC(C)=O)C(=O)NCC(=O)N[C@@H](CCC(=O)O)C(=O)NCC(=O)N[C@@H](CO)C(=O)N[C@@H](Cc1ccc(O)cc1)C(=O)NCC(=O)N[C@H](C(=O)N[C@H](C(=O)N[C@@H](Cc1ccccc1)C(=O)N[C@@H](CCCCN)C(=O)N[C@@H](CS)C(N)=O)C(C)C)C(C)C. The van der Waals surface area contributed by atoms with Crippen molar-refractivity contribution < 1.29 is 82.4 Å². The molecule has 0 heterocycles. The number of amides is 13. The summed E-state index contributed by atoms with van der Waals surface area (Å²) in [6, 6.07) is 1.91. The number of aliphatic hydroxyl groups is 1. The van der Waals surface area contributed by atoms with Gasteiger partial charge in [-0.2, -0.15) is 12.6 Å². The molecule has 13 amide bonds. The Morgan fingerprint density at radius 2 is 0.934 bits per heavy atom. The van der Waals surface area contributed by atoms with Gasteiger partial charge in [-0.3, -0.25) is 67.1 Å². The molecule has 0 spiro atoms. The standard InChI is InChI=1S/C59H90N14O17S/c1-8-33(6)50(65-34(7)75)57(88)64-27-44(77)66-39(21-22-47(80)81)52(83)62-26-45(78)67-42(29-74)56(87)69-40(25-36-17-19-37(76)20-18-36)53(84)63-28-46(79)72-48(31(2)3)59(90)73-49(32(4)5)58(89)70-41(24-35-14-10-9-11-15-35)55(86)68-38(16-12-13-23-60)54(85)71-43(30-91)51(61)82/h9-11,14-15,17-20,31-33,38-43,48-50,74,76,91H,8,12-13,16,21-30,60H2,1-7H3,(H2,61,82)(H,62,83)(H,63,84)(H,64,88)(H,65,75)(H,66,77)(H,67,78)(H,68,86)(H,69,87)(H,70,89)(H,71,85)(H,72,79)(H,73,90)(H,80,81)/t33-,38-,39-,40-,41-,42-,43-,48-,49-,50-/m0/s1. The fourth-order valence-corrected chi connectivity index (χ4v) is 8.99. The molecule has 0 aliphatic carbocycles. The summed E-state index contributed by atoms with van der Waals surface area (Å²) in [6.07, 6.45) is 0.0874. The third-order valence-electron chi connectivity index (χ3n) is 14.1. The van der Waals surface area contributed by atoms with E-state index in [1.165, 1.54) is 31.2 Å². The van der Waals surface area contributed by atoms with Gasteiger partial charge < -0.3 is 90.6 Å². The zero-order valence-electron chi connectivity index (χ0n) is 52.2. The number of benzene rings is 2. The number of aliphatic carboxylic acids is 1. The normalized spacial score (nSPS) is 14.3. The summed E-state index contributed by atoms with van der Waals surface area (Å²) in [5.74, 6) is -14.4. The molecule has 2 aromatic carbocycles. The molecule has 0 aliphatic rings. The third-order valence-corrected chi connectivity index (χ3v) is 14.5. The number of unbranched alkanes of at least 4 members (excludes halogenated alkanes) is 1. The number of carbonyl (C=O) groups is 14. The van der Waals surface area contributed by atoms with Crippen molar-refractivity contribution in [1.82, 2.24) is 63.8 Å². The topological polar surface area (TPSA) is 496 Å². The van der Waals surface area contributed by atoms with Gasteiger partial charge in [-0.1, -0.05) is 90.4 Å². The Labute approximate surface area is 533 Å². The molecular formula is C59H90N14O17S. The molecule has 504 valence electrons. The van der Waals surface area contributed by atoms with Crippen molar-refractivity contribution in [3.63, 3.8) is 0 Å². The Hall–Kier alpha value is -8.91. The fourth-order valence-electron chi connectivity index (χ4n) is 8.72. The predicted octanol–water partition coefficient (Wildman–Crippen LogP) is -4.33. The van der Waals surface area contributed by atoms with Crippen LogP contribution in [0.1, 0.15) is 98.1 Å². The highest BCUT2D eigenvalue weighted by molar-refractivity contribution is 7.80. The second kappa shape index (κ2) is 40.7. The first-order valence-electron chi connectivity index (χ1n) is 29.7. The van der Waals surface area contributed by atoms with Crippen LogP contribution in [-0.2, 0) is 80.0 Å². The Balaban J connectivity index is 2.24. The second-order valence-corrected chi connectivity index (χ2v) is 22.6. The largest absolute Gasteiger partial charge is 0.508 e. The van der Waals surface area contributed by atoms with E-state index in [2.05, 4.69) is 76.4 Å². The van der Waals surface area contributed by atoms with Gasteiger partial charge in [0.05, 0.1) is 26.2 Å². The molecule has 0 saturated heterocycles. The number of primary amides is 1. The summed E-state index contributed by atoms with van der Waals surface area (Å²) in [4.78, 5) is 184. The Kier molecular flexibility index (Phi) is 34.9. The van der Waals surface area contributed by atoms with Crippen LogP contribution >= 0.6 is 12.6 Å². The minimum absolute atomic E-state index is 0.0633. The summed E-state index contributed by atoms with van der Waals surface area (Å²) >= 11 is 4.08. The van der Waals surface area contributed by atoms with E-state index in [1.54, 1.807) is 71.9 Å². The summed E-state index contributed by atoms with van der Waals surface area (Å²) < 4.78 is 0. The lowest BCUT2D eigenvalue weighted by Crippen LogP contribution is -2.61. The number of thiol groups is 1. The molecule has 91 heavy (non-hydrogen) atoms. The highest BCUT2D eigenvalue weighted by atomic mass is 32.1. The van der Waals surface area contributed by atoms with E-state index in [9.17, 15) is 82.4 Å². The third kappa shape index (κ3) is 29.1. The molecular weight excluding hydrogens is 1210 g/mol. The zero-order valence-corrected chi connectivity index (χ0v) is 53.1. The van der Waals surface area contributed by atoms with Crippen molar-refractivity contribution in [1.29, 1.82) is 0 Å². The maximum atomic E-state index is 14.2. The number of carboxylic acids is 1. The van der Waals surface area contributed by atoms with E-state index in [4.69, 9.17) is 11.5 Å². The van der Waals surface area contributed by atoms with Crippen LogP contribution in [0.3, 0.4) is 0 Å². The monoisotopic (exact) mass is 1300 g/mol. The number of phenolic OH excluding ortho intramolecular Hbond substituents is 1. The first-order valence-corrected chi connectivity index (χ1v) is 30.3. The lowest BCUT2D eigenvalue weighted by molar-refractivity contribution is -0.138. The van der Waals surface area contributed by atoms with Gasteiger partial charge in [0, 0.05) is 31.9 Å². The lowest BCUT2D eigenvalue weighted by atomic mass is 9.98. The van der Waals surface area contributed by atoms with E-state index in [0.29, 0.717) is 36.9 Å². The molecule has 0 bridgehead atoms. The first-order chi connectivity index (χ1) is 42.9. The number of carbonyl (C=O) groups excluding carboxylic acids is 13. The number of nitrogens with two attached hydrogens (primary N) is 2. The zero-order chi connectivity index (χ0) is 68.5.